The van der Waals surface area contributed by atoms with Crippen LogP contribution in [0.5, 0.6) is 0 Å². The van der Waals surface area contributed by atoms with Gasteiger partial charge in [0, 0.05) is 0 Å². The van der Waals surface area contributed by atoms with E-state index in [2.05, 4.69) is 0 Å². The predicted octanol–water partition coefficient (Wildman–Crippen LogP) is 0.707. The number of Topliss-reactive ketones (excluding diaryl/α,β-unsaturated/α-hetero) is 1. The van der Waals surface area contributed by atoms with Crippen LogP contribution in [0, 0.1) is 0 Å². The summed E-state index contributed by atoms with van der Waals surface area (Å²) < 4.78 is 33.3. The van der Waals surface area contributed by atoms with Gasteiger partial charge in [-0.25, -0.2) is 0 Å². The highest BCUT2D eigenvalue weighted by molar-refractivity contribution is 6.25. The van der Waals surface area contributed by atoms with Gasteiger partial charge < -0.3 is 0 Å². The molecule has 0 N–H and O–H groups in total. The van der Waals surface area contributed by atoms with Crippen molar-refractivity contribution in [1.29, 1.82) is 0 Å². The van der Waals surface area contributed by atoms with Gasteiger partial charge in [-0.15, -0.1) is 0 Å². The van der Waals surface area contributed by atoms with Crippen molar-refractivity contribution in [1.82, 2.24) is 0 Å². The number of hydrogen-bond donors (Lipinski definition) is 0. The van der Waals surface area contributed by atoms with Crippen LogP contribution in [-0.4, -0.2) is 18.2 Å². The monoisotopic (exact) mass is 140 g/mol. The van der Waals surface area contributed by atoms with Crippen LogP contribution in [0.2, 0.25) is 0 Å². The lowest BCUT2D eigenvalue weighted by Crippen LogP contribution is -2.15. The van der Waals surface area contributed by atoms with Gasteiger partial charge in [0.05, 0.1) is 0 Å². The Labute approximate surface area is 48.7 Å². The summed E-state index contributed by atoms with van der Waals surface area (Å²) in [5.74, 6) is -1.44. The molecule has 0 rings (SSSR count). The highest BCUT2D eigenvalue weighted by Gasteiger charge is 2.30. The summed E-state index contributed by atoms with van der Waals surface area (Å²) in [6, 6.07) is 0. The van der Waals surface area contributed by atoms with E-state index in [0.29, 0.717) is 0 Å². The highest BCUT2D eigenvalue weighted by atomic mass is 19.4. The zero-order valence-corrected chi connectivity index (χ0v) is 4.23. The Kier molecular flexibility index (Phi) is 2.36. The van der Waals surface area contributed by atoms with E-state index in [1.54, 1.807) is 0 Å². The number of alkyl halides is 3. The molecule has 9 heavy (non-hydrogen) atoms. The van der Waals surface area contributed by atoms with E-state index < -0.39 is 18.4 Å². The maximum absolute atomic E-state index is 11.1. The second kappa shape index (κ2) is 2.61. The van der Waals surface area contributed by atoms with Crippen LogP contribution in [0.15, 0.2) is 0 Å². The topological polar surface area (TPSA) is 34.1 Å². The van der Waals surface area contributed by atoms with E-state index >= 15 is 0 Å². The van der Waals surface area contributed by atoms with Crippen molar-refractivity contribution in [3.63, 3.8) is 0 Å². The fourth-order valence-electron chi connectivity index (χ4n) is 0.239. The lowest BCUT2D eigenvalue weighted by Gasteiger charge is -1.99. The number of aldehydes is 1. The van der Waals surface area contributed by atoms with Gasteiger partial charge in [-0.3, -0.25) is 9.59 Å². The molecule has 0 amide bonds. The molecule has 0 spiro atoms. The predicted molar refractivity (Wildman–Crippen MR) is 21.7 cm³/mol. The molecule has 0 aliphatic carbocycles. The molecule has 0 aliphatic rings. The normalized spacial score (nSPS) is 11.0. The van der Waals surface area contributed by atoms with Crippen LogP contribution >= 0.6 is 0 Å². The summed E-state index contributed by atoms with van der Waals surface area (Å²) in [6.07, 6.45) is -6.55. The number of ketones is 1. The van der Waals surface area contributed by atoms with Gasteiger partial charge in [0.1, 0.15) is 6.42 Å². The fourth-order valence-corrected chi connectivity index (χ4v) is 0.239. The van der Waals surface area contributed by atoms with Gasteiger partial charge in [-0.05, 0) is 0 Å². The summed E-state index contributed by atoms with van der Waals surface area (Å²) >= 11 is 0. The molecule has 0 aliphatic heterocycles. The summed E-state index contributed by atoms with van der Waals surface area (Å²) in [5, 5.41) is 0. The van der Waals surface area contributed by atoms with E-state index in [1.807, 2.05) is 0 Å². The first-order valence-corrected chi connectivity index (χ1v) is 2.00. The van der Waals surface area contributed by atoms with Crippen LogP contribution in [0.3, 0.4) is 0 Å². The number of rotatable bonds is 2. The second-order valence-electron chi connectivity index (χ2n) is 1.38. The smallest absolute Gasteiger partial charge is 0.295 e. The minimum atomic E-state index is -4.56. The highest BCUT2D eigenvalue weighted by Crippen LogP contribution is 2.18. The maximum Gasteiger partial charge on any atom is 0.396 e. The summed E-state index contributed by atoms with van der Waals surface area (Å²) in [5.41, 5.74) is 0. The molecule has 0 radical (unpaired) electrons. The molecule has 0 aromatic rings. The third kappa shape index (κ3) is 4.99. The first-order chi connectivity index (χ1) is 3.95. The van der Waals surface area contributed by atoms with Crippen molar-refractivity contribution in [3.8, 4) is 0 Å². The van der Waals surface area contributed by atoms with Crippen LogP contribution in [0.1, 0.15) is 6.42 Å². The van der Waals surface area contributed by atoms with Crippen LogP contribution in [-0.2, 0) is 9.59 Å². The average Bonchev–Trinajstić information content (AvgIpc) is 1.62. The SMILES string of the molecule is O=CC(=O)CC(F)(F)F. The van der Waals surface area contributed by atoms with Crippen molar-refractivity contribution in [2.75, 3.05) is 0 Å². The quantitative estimate of drug-likeness (QED) is 0.418. The maximum atomic E-state index is 11.1. The molecule has 0 saturated heterocycles. The van der Waals surface area contributed by atoms with E-state index in [4.69, 9.17) is 0 Å². The molecular weight excluding hydrogens is 137 g/mol. The minimum absolute atomic E-state index is 0.340. The Hall–Kier alpha value is -0.870. The molecule has 0 bridgehead atoms. The van der Waals surface area contributed by atoms with Crippen LogP contribution in [0.4, 0.5) is 13.2 Å². The Morgan fingerprint density at radius 2 is 1.89 bits per heavy atom. The summed E-state index contributed by atoms with van der Waals surface area (Å²) in [6.45, 7) is 0. The van der Waals surface area contributed by atoms with Crippen molar-refractivity contribution in [2.45, 2.75) is 12.6 Å². The van der Waals surface area contributed by atoms with E-state index in [0.717, 1.165) is 0 Å². The third-order valence-corrected chi connectivity index (χ3v) is 0.506. The largest absolute Gasteiger partial charge is 0.396 e. The van der Waals surface area contributed by atoms with Gasteiger partial charge in [0.15, 0.2) is 6.29 Å². The average molecular weight is 140 g/mol. The van der Waals surface area contributed by atoms with Crippen LogP contribution < -0.4 is 0 Å². The molecule has 0 heterocycles. The van der Waals surface area contributed by atoms with Gasteiger partial charge in [0.2, 0.25) is 5.78 Å². The van der Waals surface area contributed by atoms with Gasteiger partial charge in [-0.1, -0.05) is 0 Å². The number of carbonyl (C=O) groups excluding carboxylic acids is 2. The molecule has 2 nitrogen and oxygen atoms in total. The Bertz CT molecular complexity index is 126. The van der Waals surface area contributed by atoms with Crippen molar-refractivity contribution in [3.05, 3.63) is 0 Å². The Balaban J connectivity index is 3.74. The van der Waals surface area contributed by atoms with Crippen molar-refractivity contribution in [2.24, 2.45) is 0 Å². The number of carbonyl (C=O) groups is 2. The molecular formula is C4H3F3O2. The molecule has 0 saturated carbocycles. The van der Waals surface area contributed by atoms with Gasteiger partial charge in [0.25, 0.3) is 0 Å². The molecule has 5 heteroatoms. The minimum Gasteiger partial charge on any atom is -0.295 e. The van der Waals surface area contributed by atoms with Gasteiger partial charge >= 0.3 is 6.18 Å². The van der Waals surface area contributed by atoms with Gasteiger partial charge in [-0.2, -0.15) is 13.2 Å². The molecule has 0 aromatic carbocycles. The van der Waals surface area contributed by atoms with E-state index in [9.17, 15) is 22.8 Å². The Morgan fingerprint density at radius 3 is 2.00 bits per heavy atom. The van der Waals surface area contributed by atoms with Crippen LogP contribution in [0.25, 0.3) is 0 Å². The summed E-state index contributed by atoms with van der Waals surface area (Å²) in [4.78, 5) is 19.1. The summed E-state index contributed by atoms with van der Waals surface area (Å²) in [7, 11) is 0. The molecule has 0 fully saturated rings. The fraction of sp³-hybridized carbons (Fsp3) is 0.500. The zero-order valence-electron chi connectivity index (χ0n) is 4.23. The lowest BCUT2D eigenvalue weighted by molar-refractivity contribution is -0.154. The number of hydrogen-bond acceptors (Lipinski definition) is 2. The molecule has 0 unspecified atom stereocenters. The van der Waals surface area contributed by atoms with E-state index in [1.165, 1.54) is 0 Å². The third-order valence-electron chi connectivity index (χ3n) is 0.506. The number of halogens is 3. The molecule has 0 atom stereocenters. The zero-order chi connectivity index (χ0) is 7.49. The van der Waals surface area contributed by atoms with Crippen molar-refractivity contribution < 1.29 is 22.8 Å². The lowest BCUT2D eigenvalue weighted by atomic mass is 10.3. The Morgan fingerprint density at radius 1 is 1.44 bits per heavy atom. The van der Waals surface area contributed by atoms with E-state index in [-0.39, 0.29) is 6.29 Å². The standard InChI is InChI=1S/C4H3F3O2/c5-4(6,7)1-3(9)2-8/h2H,1H2. The molecule has 0 aromatic heterocycles. The molecule has 52 valence electrons. The first-order valence-electron chi connectivity index (χ1n) is 2.00. The van der Waals surface area contributed by atoms with Crippen molar-refractivity contribution >= 4 is 12.1 Å². The second-order valence-corrected chi connectivity index (χ2v) is 1.38. The first kappa shape index (κ1) is 8.13.